The van der Waals surface area contributed by atoms with Gasteiger partial charge in [0, 0.05) is 0 Å². The maximum atomic E-state index is 11.5. The van der Waals surface area contributed by atoms with E-state index in [0.717, 1.165) is 0 Å². The van der Waals surface area contributed by atoms with Crippen LogP contribution in [0.2, 0.25) is 0 Å². The van der Waals surface area contributed by atoms with Crippen molar-refractivity contribution in [2.24, 2.45) is 30.8 Å². The van der Waals surface area contributed by atoms with E-state index in [0.29, 0.717) is 0 Å². The number of nitrogens with zero attached hydrogens (tertiary/aromatic N) is 7. The van der Waals surface area contributed by atoms with Crippen molar-refractivity contribution in [2.45, 2.75) is 17.5 Å². The van der Waals surface area contributed by atoms with Crippen LogP contribution in [0.15, 0.2) is 30.8 Å². The van der Waals surface area contributed by atoms with Crippen LogP contribution in [0.5, 0.6) is 0 Å². The number of hydrogen-bond donors (Lipinski definition) is 0. The normalized spacial score (nSPS) is 47.2. The summed E-state index contributed by atoms with van der Waals surface area (Å²) >= 11 is 0. The van der Waals surface area contributed by atoms with Gasteiger partial charge in [-0.3, -0.25) is 4.79 Å². The van der Waals surface area contributed by atoms with Gasteiger partial charge in [-0.25, -0.2) is 0 Å². The molecule has 12 heavy (non-hydrogen) atoms. The maximum absolute atomic E-state index is 11.5. The van der Waals surface area contributed by atoms with E-state index in [1.165, 1.54) is 5.01 Å². The number of carbonyl (C=O) groups is 1. The fourth-order valence-electron chi connectivity index (χ4n) is 1.75. The minimum absolute atomic E-state index is 0.257. The van der Waals surface area contributed by atoms with Gasteiger partial charge in [-0.15, -0.1) is 20.5 Å². The molecule has 2 bridgehead atoms. The fourth-order valence-corrected chi connectivity index (χ4v) is 1.75. The summed E-state index contributed by atoms with van der Waals surface area (Å²) in [6.07, 6.45) is -0.375. The standard InChI is InChI=1S/C4HN7O/c12-2-4(7-8-4)3-1(5-6-3)11(2)10-9-3/h1H. The van der Waals surface area contributed by atoms with Gasteiger partial charge in [0.1, 0.15) is 0 Å². The summed E-state index contributed by atoms with van der Waals surface area (Å²) in [6.45, 7) is 0. The monoisotopic (exact) mass is 163 g/mol. The first kappa shape index (κ1) is 5.01. The number of carbonyl (C=O) groups excluding carboxylic acids is 1. The third-order valence-corrected chi connectivity index (χ3v) is 2.52. The van der Waals surface area contributed by atoms with Crippen molar-refractivity contribution in [2.75, 3.05) is 0 Å². The topological polar surface area (TPSA) is 94.5 Å². The summed E-state index contributed by atoms with van der Waals surface area (Å²) in [5.41, 5.74) is -1.98. The van der Waals surface area contributed by atoms with Crippen molar-refractivity contribution < 1.29 is 4.79 Å². The summed E-state index contributed by atoms with van der Waals surface area (Å²) in [6, 6.07) is 0. The zero-order valence-corrected chi connectivity index (χ0v) is 5.62. The Kier molecular flexibility index (Phi) is 0.415. The highest BCUT2D eigenvalue weighted by Crippen LogP contribution is 2.60. The second kappa shape index (κ2) is 0.993. The van der Waals surface area contributed by atoms with Crippen molar-refractivity contribution in [3.05, 3.63) is 0 Å². The van der Waals surface area contributed by atoms with Gasteiger partial charge in [0.25, 0.3) is 5.66 Å². The Bertz CT molecular complexity index is 404. The van der Waals surface area contributed by atoms with E-state index in [1.54, 1.807) is 0 Å². The van der Waals surface area contributed by atoms with Gasteiger partial charge in [0.05, 0.1) is 0 Å². The molecule has 0 aliphatic carbocycles. The minimum Gasteiger partial charge on any atom is -0.267 e. The smallest absolute Gasteiger partial charge is 0.267 e. The van der Waals surface area contributed by atoms with Gasteiger partial charge in [0.2, 0.25) is 6.17 Å². The van der Waals surface area contributed by atoms with Crippen molar-refractivity contribution in [3.8, 4) is 0 Å². The molecule has 0 aromatic heterocycles. The molecule has 0 saturated carbocycles. The highest BCUT2D eigenvalue weighted by atomic mass is 16.2. The lowest BCUT2D eigenvalue weighted by Crippen LogP contribution is -2.49. The maximum Gasteiger partial charge on any atom is 0.322 e. The fraction of sp³-hybridized carbons (Fsp3) is 0.750. The molecule has 58 valence electrons. The van der Waals surface area contributed by atoms with Gasteiger partial charge in [-0.05, 0) is 0 Å². The van der Waals surface area contributed by atoms with Crippen LogP contribution in [0.25, 0.3) is 0 Å². The highest BCUT2D eigenvalue weighted by molar-refractivity contribution is 5.94. The van der Waals surface area contributed by atoms with Crippen LogP contribution in [-0.2, 0) is 4.79 Å². The van der Waals surface area contributed by atoms with Crippen LogP contribution in [-0.4, -0.2) is 28.4 Å². The Morgan fingerprint density at radius 1 is 1.25 bits per heavy atom. The molecule has 1 fully saturated rings. The van der Waals surface area contributed by atoms with Gasteiger partial charge in [-0.2, -0.15) is 10.1 Å². The molecule has 4 heterocycles. The predicted molar refractivity (Wildman–Crippen MR) is 30.7 cm³/mol. The zero-order valence-electron chi connectivity index (χ0n) is 5.62. The van der Waals surface area contributed by atoms with E-state index in [-0.39, 0.29) is 12.1 Å². The first-order chi connectivity index (χ1) is 5.80. The molecule has 1 saturated heterocycles. The van der Waals surface area contributed by atoms with Gasteiger partial charge in [-0.1, -0.05) is 5.22 Å². The minimum atomic E-state index is -1.07. The van der Waals surface area contributed by atoms with Crippen LogP contribution in [0.1, 0.15) is 0 Å². The summed E-state index contributed by atoms with van der Waals surface area (Å²) in [4.78, 5) is 11.5. The molecule has 2 unspecified atom stereocenters. The largest absolute Gasteiger partial charge is 0.322 e. The lowest BCUT2D eigenvalue weighted by atomic mass is 9.98. The molecule has 0 aromatic rings. The first-order valence-electron chi connectivity index (χ1n) is 3.43. The van der Waals surface area contributed by atoms with E-state index < -0.39 is 11.3 Å². The molecular weight excluding hydrogens is 162 g/mol. The van der Waals surface area contributed by atoms with Crippen LogP contribution in [0, 0.1) is 0 Å². The molecule has 1 amide bonds. The van der Waals surface area contributed by atoms with E-state index in [1.807, 2.05) is 0 Å². The average Bonchev–Trinajstić information content (AvgIpc) is 2.73. The van der Waals surface area contributed by atoms with Crippen LogP contribution >= 0.6 is 0 Å². The second-order valence-corrected chi connectivity index (χ2v) is 3.03. The summed E-state index contributed by atoms with van der Waals surface area (Å²) in [7, 11) is 0. The zero-order chi connectivity index (χ0) is 7.97. The van der Waals surface area contributed by atoms with Crippen LogP contribution < -0.4 is 0 Å². The van der Waals surface area contributed by atoms with Gasteiger partial charge >= 0.3 is 11.6 Å². The third-order valence-electron chi connectivity index (χ3n) is 2.52. The predicted octanol–water partition coefficient (Wildman–Crippen LogP) is -0.140. The first-order valence-corrected chi connectivity index (χ1v) is 3.43. The summed E-state index contributed by atoms with van der Waals surface area (Å²) < 4.78 is 0. The molecular formula is C4HN7O. The number of rotatable bonds is 0. The van der Waals surface area contributed by atoms with Crippen LogP contribution in [0.4, 0.5) is 0 Å². The molecule has 1 spiro atoms. The van der Waals surface area contributed by atoms with Crippen molar-refractivity contribution >= 4 is 5.91 Å². The van der Waals surface area contributed by atoms with Crippen LogP contribution in [0.3, 0.4) is 0 Å². The molecule has 4 aliphatic heterocycles. The second-order valence-electron chi connectivity index (χ2n) is 3.03. The molecule has 8 heteroatoms. The Hall–Kier alpha value is -1.73. The lowest BCUT2D eigenvalue weighted by molar-refractivity contribution is -0.132. The average molecular weight is 163 g/mol. The Morgan fingerprint density at radius 2 is 2.08 bits per heavy atom. The van der Waals surface area contributed by atoms with Crippen molar-refractivity contribution in [1.29, 1.82) is 0 Å². The summed E-state index contributed by atoms with van der Waals surface area (Å²) in [5.74, 6) is -0.257. The molecule has 2 atom stereocenters. The van der Waals surface area contributed by atoms with E-state index >= 15 is 0 Å². The van der Waals surface area contributed by atoms with Crippen molar-refractivity contribution in [1.82, 2.24) is 5.01 Å². The van der Waals surface area contributed by atoms with E-state index in [4.69, 9.17) is 0 Å². The molecule has 0 N–H and O–H groups in total. The van der Waals surface area contributed by atoms with Gasteiger partial charge < -0.3 is 0 Å². The highest BCUT2D eigenvalue weighted by Gasteiger charge is 2.85. The molecule has 0 radical (unpaired) electrons. The number of hydrogen-bond acceptors (Lipinski definition) is 7. The molecule has 8 nitrogen and oxygen atoms in total. The SMILES string of the molecule is O=C1N2N=NC3(N=NC23)C12N=N2. The quantitative estimate of drug-likeness (QED) is 0.488. The molecule has 0 aromatic carbocycles. The molecule has 4 rings (SSSR count). The van der Waals surface area contributed by atoms with E-state index in [9.17, 15) is 4.79 Å². The van der Waals surface area contributed by atoms with Crippen molar-refractivity contribution in [3.63, 3.8) is 0 Å². The number of amides is 1. The Balaban J connectivity index is 2.07. The molecule has 4 aliphatic rings. The Morgan fingerprint density at radius 3 is 2.50 bits per heavy atom. The third kappa shape index (κ3) is 0.223. The Labute approximate surface area is 65.0 Å². The lowest BCUT2D eigenvalue weighted by Gasteiger charge is -2.24. The number of azo groups is 1. The van der Waals surface area contributed by atoms with E-state index in [2.05, 4.69) is 30.8 Å². The van der Waals surface area contributed by atoms with Gasteiger partial charge in [0.15, 0.2) is 0 Å². The summed E-state index contributed by atoms with van der Waals surface area (Å²) in [5, 5.41) is 23.6.